The lowest BCUT2D eigenvalue weighted by molar-refractivity contribution is -0.00732. The van der Waals surface area contributed by atoms with Crippen molar-refractivity contribution in [3.63, 3.8) is 0 Å². The molecule has 0 N–H and O–H groups in total. The molecule has 0 saturated heterocycles. The molecule has 1 aliphatic heterocycles. The number of fused-ring (bicyclic) bond motifs is 2. The minimum absolute atomic E-state index is 0.0269. The summed E-state index contributed by atoms with van der Waals surface area (Å²) in [5.74, 6) is -3.80. The number of alkyl halides is 3. The van der Waals surface area contributed by atoms with Crippen molar-refractivity contribution < 1.29 is 18.0 Å². The highest BCUT2D eigenvalue weighted by molar-refractivity contribution is 5.97. The number of rotatable bonds is 3. The van der Waals surface area contributed by atoms with Crippen LogP contribution in [0.3, 0.4) is 0 Å². The molecule has 0 bridgehead atoms. The van der Waals surface area contributed by atoms with Gasteiger partial charge in [0.15, 0.2) is 12.0 Å². The fraction of sp³-hybridized carbons (Fsp3) is 0.500. The highest BCUT2D eigenvalue weighted by atomic mass is 19.3. The van der Waals surface area contributed by atoms with Crippen molar-refractivity contribution in [3.05, 3.63) is 47.5 Å². The van der Waals surface area contributed by atoms with Gasteiger partial charge in [-0.25, -0.2) is 22.8 Å². The first-order valence-electron chi connectivity index (χ1n) is 8.52. The van der Waals surface area contributed by atoms with Gasteiger partial charge in [-0.05, 0) is 17.4 Å². The summed E-state index contributed by atoms with van der Waals surface area (Å²) in [6.45, 7) is 0. The van der Waals surface area contributed by atoms with Crippen LogP contribution in [0.4, 0.5) is 13.2 Å². The molecule has 2 fully saturated rings. The normalized spacial score (nSPS) is 34.6. The van der Waals surface area contributed by atoms with Crippen molar-refractivity contribution in [2.45, 2.75) is 37.4 Å². The molecule has 25 heavy (non-hydrogen) atoms. The Morgan fingerprint density at radius 1 is 1.16 bits per heavy atom. The third-order valence-electron chi connectivity index (χ3n) is 5.77. The number of hydrogen-bond donors (Lipinski definition) is 0. The summed E-state index contributed by atoms with van der Waals surface area (Å²) in [5.41, 5.74) is 0.913. The van der Waals surface area contributed by atoms with E-state index >= 15 is 0 Å². The molecule has 2 unspecified atom stereocenters. The van der Waals surface area contributed by atoms with Gasteiger partial charge in [-0.2, -0.15) is 0 Å². The quantitative estimate of drug-likeness (QED) is 0.795. The van der Waals surface area contributed by atoms with Gasteiger partial charge in [0.2, 0.25) is 17.5 Å². The van der Waals surface area contributed by atoms with Gasteiger partial charge in [0.25, 0.3) is 0 Å². The van der Waals surface area contributed by atoms with E-state index in [1.54, 1.807) is 0 Å². The van der Waals surface area contributed by atoms with Crippen LogP contribution in [0.25, 0.3) is 0 Å². The van der Waals surface area contributed by atoms with E-state index in [9.17, 15) is 18.0 Å². The van der Waals surface area contributed by atoms with Crippen LogP contribution >= 0.6 is 0 Å². The Labute approximate surface area is 142 Å². The number of Topliss-reactive ketones (excluding diaryl/α,β-unsaturated/α-hetero) is 1. The average Bonchev–Trinajstić information content (AvgIpc) is 2.94. The predicted molar refractivity (Wildman–Crippen MR) is 82.1 cm³/mol. The second-order valence-corrected chi connectivity index (χ2v) is 7.35. The number of carbonyl (C=O) groups is 1. The van der Waals surface area contributed by atoms with Crippen molar-refractivity contribution in [2.24, 2.45) is 17.8 Å². The highest BCUT2D eigenvalue weighted by Gasteiger charge is 2.65. The number of hydrogen-bond acceptors (Lipinski definition) is 3. The molecule has 2 heterocycles. The maximum Gasteiger partial charge on any atom is 0.248 e. The maximum absolute atomic E-state index is 14.3. The number of carbonyl (C=O) groups excluding carboxylic acids is 1. The molecule has 130 valence electrons. The van der Waals surface area contributed by atoms with Gasteiger partial charge in [-0.1, -0.05) is 30.3 Å². The Balaban J connectivity index is 1.41. The van der Waals surface area contributed by atoms with Crippen molar-refractivity contribution >= 4 is 5.78 Å². The van der Waals surface area contributed by atoms with Crippen LogP contribution in [0.15, 0.2) is 30.3 Å². The maximum atomic E-state index is 14.3. The van der Waals surface area contributed by atoms with Crippen LogP contribution in [0, 0.1) is 17.8 Å². The molecule has 0 spiro atoms. The molecule has 2 aliphatic carbocycles. The fourth-order valence-corrected chi connectivity index (χ4v) is 4.55. The Bertz CT molecular complexity index is 837. The summed E-state index contributed by atoms with van der Waals surface area (Å²) in [4.78, 5) is 16.7. The van der Waals surface area contributed by atoms with Crippen molar-refractivity contribution in [3.8, 4) is 0 Å². The van der Waals surface area contributed by atoms with Gasteiger partial charge in [-0.15, -0.1) is 5.10 Å². The lowest BCUT2D eigenvalue weighted by Gasteiger charge is -2.12. The van der Waals surface area contributed by atoms with Crippen LogP contribution in [0.1, 0.15) is 53.5 Å². The minimum Gasteiger partial charge on any atom is -0.290 e. The van der Waals surface area contributed by atoms with Crippen LogP contribution in [-0.4, -0.2) is 26.5 Å². The topological polar surface area (TPSA) is 47.8 Å². The van der Waals surface area contributed by atoms with Gasteiger partial charge >= 0.3 is 0 Å². The molecule has 5 atom stereocenters. The number of aromatic nitrogens is 3. The Hall–Kier alpha value is -2.18. The smallest absolute Gasteiger partial charge is 0.248 e. The number of nitrogens with zero attached hydrogens (tertiary/aromatic N) is 3. The van der Waals surface area contributed by atoms with Crippen molar-refractivity contribution in [1.29, 1.82) is 0 Å². The Kier molecular flexibility index (Phi) is 2.98. The number of benzene rings is 1. The van der Waals surface area contributed by atoms with Crippen LogP contribution in [0.2, 0.25) is 0 Å². The zero-order valence-electron chi connectivity index (χ0n) is 13.3. The first-order valence-corrected chi connectivity index (χ1v) is 8.52. The summed E-state index contributed by atoms with van der Waals surface area (Å²) in [6.07, 6.45) is -1.50. The lowest BCUT2D eigenvalue weighted by Crippen LogP contribution is -2.18. The number of ketones is 1. The monoisotopic (exact) mass is 347 g/mol. The predicted octanol–water partition coefficient (Wildman–Crippen LogP) is 3.76. The van der Waals surface area contributed by atoms with Gasteiger partial charge in [0, 0.05) is 25.2 Å². The van der Waals surface area contributed by atoms with E-state index in [4.69, 9.17) is 0 Å². The van der Waals surface area contributed by atoms with Crippen molar-refractivity contribution in [2.75, 3.05) is 0 Å². The minimum atomic E-state index is -2.65. The molecular formula is C18H16F3N3O. The average molecular weight is 347 g/mol. The van der Waals surface area contributed by atoms with E-state index in [1.165, 1.54) is 4.68 Å². The number of halogens is 3. The van der Waals surface area contributed by atoms with Crippen LogP contribution in [0.5, 0.6) is 0 Å². The van der Waals surface area contributed by atoms with Crippen LogP contribution < -0.4 is 0 Å². The molecule has 2 aromatic rings. The molecule has 5 rings (SSSR count). The standard InChI is InChI=1S/C18H16F3N3O/c19-12-6-13(9-4-2-1-3-5-9)24-17(12)22-16(23-24)15(25)14-10-7-18(20,21)8-11(10)14/h1-5,10-14H,6-8H2/t10-,11?,12+,13+,14?/m1/s1. The Morgan fingerprint density at radius 3 is 2.52 bits per heavy atom. The van der Waals surface area contributed by atoms with Gasteiger partial charge < -0.3 is 0 Å². The lowest BCUT2D eigenvalue weighted by atomic mass is 10.0. The molecular weight excluding hydrogens is 331 g/mol. The summed E-state index contributed by atoms with van der Waals surface area (Å²) >= 11 is 0. The van der Waals surface area contributed by atoms with E-state index in [1.807, 2.05) is 30.3 Å². The summed E-state index contributed by atoms with van der Waals surface area (Å²) in [7, 11) is 0. The molecule has 0 amide bonds. The molecule has 4 nitrogen and oxygen atoms in total. The first kappa shape index (κ1) is 15.1. The van der Waals surface area contributed by atoms with E-state index in [0.29, 0.717) is 0 Å². The summed E-state index contributed by atoms with van der Waals surface area (Å²) in [5, 5.41) is 4.25. The van der Waals surface area contributed by atoms with Crippen molar-refractivity contribution in [1.82, 2.24) is 14.8 Å². The van der Waals surface area contributed by atoms with E-state index in [0.717, 1.165) is 5.56 Å². The van der Waals surface area contributed by atoms with E-state index in [2.05, 4.69) is 10.1 Å². The largest absolute Gasteiger partial charge is 0.290 e. The Morgan fingerprint density at radius 2 is 1.84 bits per heavy atom. The SMILES string of the molecule is O=C(c1nc2n(n1)[C@H](c1ccccc1)C[C@@H]2F)C1C2CC(F)(F)C[C@H]21. The zero-order valence-corrected chi connectivity index (χ0v) is 13.3. The third kappa shape index (κ3) is 2.24. The first-order chi connectivity index (χ1) is 11.9. The summed E-state index contributed by atoms with van der Waals surface area (Å²) in [6, 6.07) is 9.11. The van der Waals surface area contributed by atoms with E-state index < -0.39 is 18.0 Å². The zero-order chi connectivity index (χ0) is 17.3. The molecule has 1 aromatic carbocycles. The molecule has 2 saturated carbocycles. The highest BCUT2D eigenvalue weighted by Crippen LogP contribution is 2.63. The van der Waals surface area contributed by atoms with Gasteiger partial charge in [-0.3, -0.25) is 4.79 Å². The summed E-state index contributed by atoms with van der Waals surface area (Å²) < 4.78 is 42.4. The van der Waals surface area contributed by atoms with Crippen LogP contribution in [-0.2, 0) is 0 Å². The molecule has 0 radical (unpaired) electrons. The second-order valence-electron chi connectivity index (χ2n) is 7.35. The fourth-order valence-electron chi connectivity index (χ4n) is 4.55. The van der Waals surface area contributed by atoms with Gasteiger partial charge in [0.05, 0.1) is 6.04 Å². The van der Waals surface area contributed by atoms with Gasteiger partial charge in [0.1, 0.15) is 0 Å². The molecule has 7 heteroatoms. The third-order valence-corrected chi connectivity index (χ3v) is 5.77. The molecule has 3 aliphatic rings. The molecule has 1 aromatic heterocycles. The van der Waals surface area contributed by atoms with E-state index in [-0.39, 0.29) is 54.6 Å². The second kappa shape index (κ2) is 4.93.